The average Bonchev–Trinajstić information content (AvgIpc) is 2.56. The molecule has 2 amide bonds. The molecule has 0 atom stereocenters. The van der Waals surface area contributed by atoms with Gasteiger partial charge in [0.15, 0.2) is 0 Å². The van der Waals surface area contributed by atoms with E-state index in [1.54, 1.807) is 42.5 Å². The number of carbonyl (C=O) groups excluding carboxylic acids is 2. The Kier molecular flexibility index (Phi) is 6.40. The van der Waals surface area contributed by atoms with Gasteiger partial charge in [0.05, 0.1) is 22.3 Å². The van der Waals surface area contributed by atoms with E-state index in [1.165, 1.54) is 11.8 Å². The van der Waals surface area contributed by atoms with Crippen molar-refractivity contribution in [1.29, 1.82) is 5.26 Å². The van der Waals surface area contributed by atoms with Gasteiger partial charge < -0.3 is 10.2 Å². The molecule has 0 aliphatic carbocycles. The highest BCUT2D eigenvalue weighted by Gasteiger charge is 2.16. The molecule has 0 spiro atoms. The molecule has 7 heteroatoms. The number of hydrogen-bond acceptors (Lipinski definition) is 3. The molecular formula is C18H15Cl2N3O2. The number of hydrogen-bond donors (Lipinski definition) is 1. The Hall–Kier alpha value is -2.55. The molecule has 2 aromatic carbocycles. The Morgan fingerprint density at radius 2 is 1.96 bits per heavy atom. The summed E-state index contributed by atoms with van der Waals surface area (Å²) in [5, 5.41) is 12.4. The Labute approximate surface area is 155 Å². The second-order valence-electron chi connectivity index (χ2n) is 5.26. The fourth-order valence-electron chi connectivity index (χ4n) is 2.25. The fourth-order valence-corrected chi connectivity index (χ4v) is 2.76. The van der Waals surface area contributed by atoms with Crippen molar-refractivity contribution in [3.05, 3.63) is 58.1 Å². The molecule has 0 saturated heterocycles. The first-order chi connectivity index (χ1) is 11.9. The van der Waals surface area contributed by atoms with Gasteiger partial charge in [0.1, 0.15) is 0 Å². The third kappa shape index (κ3) is 5.21. The molecular weight excluding hydrogens is 361 g/mol. The van der Waals surface area contributed by atoms with E-state index in [9.17, 15) is 9.59 Å². The van der Waals surface area contributed by atoms with Crippen molar-refractivity contribution in [3.63, 3.8) is 0 Å². The summed E-state index contributed by atoms with van der Waals surface area (Å²) in [7, 11) is 0. The number of nitrogens with one attached hydrogen (secondary N) is 1. The second-order valence-corrected chi connectivity index (χ2v) is 6.10. The molecule has 0 bridgehead atoms. The molecule has 0 radical (unpaired) electrons. The van der Waals surface area contributed by atoms with E-state index in [0.29, 0.717) is 27.0 Å². The molecule has 5 nitrogen and oxygen atoms in total. The molecule has 2 aromatic rings. The Morgan fingerprint density at radius 3 is 2.60 bits per heavy atom. The van der Waals surface area contributed by atoms with Crippen molar-refractivity contribution < 1.29 is 9.59 Å². The summed E-state index contributed by atoms with van der Waals surface area (Å²) in [6.45, 7) is 1.57. The summed E-state index contributed by atoms with van der Waals surface area (Å²) in [6.07, 6.45) is 0.0787. The van der Waals surface area contributed by atoms with E-state index in [2.05, 4.69) is 5.32 Å². The van der Waals surface area contributed by atoms with Gasteiger partial charge in [-0.25, -0.2) is 0 Å². The number of nitrogens with zero attached hydrogens (tertiary/aromatic N) is 2. The molecule has 0 aliphatic heterocycles. The van der Waals surface area contributed by atoms with Gasteiger partial charge >= 0.3 is 0 Å². The van der Waals surface area contributed by atoms with E-state index in [-0.39, 0.29) is 24.8 Å². The summed E-state index contributed by atoms with van der Waals surface area (Å²) in [4.78, 5) is 25.4. The lowest BCUT2D eigenvalue weighted by Crippen LogP contribution is -2.32. The molecule has 0 fully saturated rings. The van der Waals surface area contributed by atoms with Gasteiger partial charge in [-0.15, -0.1) is 0 Å². The zero-order valence-electron chi connectivity index (χ0n) is 13.4. The van der Waals surface area contributed by atoms with Gasteiger partial charge in [-0.3, -0.25) is 9.59 Å². The van der Waals surface area contributed by atoms with Crippen molar-refractivity contribution in [2.45, 2.75) is 13.3 Å². The molecule has 0 unspecified atom stereocenters. The van der Waals surface area contributed by atoms with Crippen LogP contribution in [0.2, 0.25) is 10.0 Å². The van der Waals surface area contributed by atoms with Gasteiger partial charge in [-0.05, 0) is 36.4 Å². The first-order valence-corrected chi connectivity index (χ1v) is 8.19. The van der Waals surface area contributed by atoms with Crippen LogP contribution in [0.5, 0.6) is 0 Å². The van der Waals surface area contributed by atoms with Crippen LogP contribution >= 0.6 is 23.2 Å². The number of benzene rings is 2. The number of anilines is 2. The molecule has 128 valence electrons. The van der Waals surface area contributed by atoms with Crippen LogP contribution in [0.25, 0.3) is 0 Å². The number of rotatable bonds is 5. The van der Waals surface area contributed by atoms with Crippen molar-refractivity contribution in [2.75, 3.05) is 16.8 Å². The van der Waals surface area contributed by atoms with Crippen LogP contribution in [0.15, 0.2) is 42.5 Å². The minimum Gasteiger partial charge on any atom is -0.326 e. The maximum absolute atomic E-state index is 12.1. The number of halogens is 2. The highest BCUT2D eigenvalue weighted by Crippen LogP contribution is 2.29. The van der Waals surface area contributed by atoms with Crippen molar-refractivity contribution >= 4 is 46.4 Å². The van der Waals surface area contributed by atoms with Gasteiger partial charge in [-0.2, -0.15) is 5.26 Å². The molecule has 0 saturated carbocycles. The highest BCUT2D eigenvalue weighted by molar-refractivity contribution is 6.36. The Morgan fingerprint density at radius 1 is 1.20 bits per heavy atom. The number of nitriles is 1. The van der Waals surface area contributed by atoms with E-state index in [0.717, 1.165) is 0 Å². The molecule has 0 aromatic heterocycles. The predicted molar refractivity (Wildman–Crippen MR) is 98.9 cm³/mol. The first kappa shape index (κ1) is 18.8. The van der Waals surface area contributed by atoms with Crippen LogP contribution in [0, 0.1) is 11.3 Å². The average molecular weight is 376 g/mol. The van der Waals surface area contributed by atoms with E-state index in [1.807, 2.05) is 6.07 Å². The first-order valence-electron chi connectivity index (χ1n) is 7.44. The van der Waals surface area contributed by atoms with Crippen LogP contribution in [0.4, 0.5) is 11.4 Å². The normalized spacial score (nSPS) is 10.0. The monoisotopic (exact) mass is 375 g/mol. The SMILES string of the molecule is CC(=O)N(CCC(=O)Nc1cccc(C#N)c1)c1ccc(Cl)cc1Cl. The van der Waals surface area contributed by atoms with Crippen LogP contribution in [-0.4, -0.2) is 18.4 Å². The second kappa shape index (κ2) is 8.52. The lowest BCUT2D eigenvalue weighted by Gasteiger charge is -2.22. The van der Waals surface area contributed by atoms with Gasteiger partial charge in [0.25, 0.3) is 0 Å². The standard InChI is InChI=1S/C18H15Cl2N3O2/c1-12(24)23(17-6-5-14(19)10-16(17)20)8-7-18(25)22-15-4-2-3-13(9-15)11-21/h2-6,9-10H,7-8H2,1H3,(H,22,25). The largest absolute Gasteiger partial charge is 0.326 e. The highest BCUT2D eigenvalue weighted by atomic mass is 35.5. The zero-order chi connectivity index (χ0) is 18.4. The zero-order valence-corrected chi connectivity index (χ0v) is 14.9. The summed E-state index contributed by atoms with van der Waals surface area (Å²) >= 11 is 12.0. The van der Waals surface area contributed by atoms with Crippen LogP contribution in [-0.2, 0) is 9.59 Å². The van der Waals surface area contributed by atoms with Gasteiger partial charge in [0.2, 0.25) is 11.8 Å². The van der Waals surface area contributed by atoms with E-state index in [4.69, 9.17) is 28.5 Å². The quantitative estimate of drug-likeness (QED) is 0.848. The summed E-state index contributed by atoms with van der Waals surface area (Å²) in [5.41, 5.74) is 1.48. The molecule has 0 aliphatic rings. The summed E-state index contributed by atoms with van der Waals surface area (Å²) in [5.74, 6) is -0.505. The molecule has 0 heterocycles. The summed E-state index contributed by atoms with van der Waals surface area (Å²) in [6, 6.07) is 13.4. The third-order valence-corrected chi connectivity index (χ3v) is 3.96. The van der Waals surface area contributed by atoms with Crippen LogP contribution in [0.3, 0.4) is 0 Å². The minimum atomic E-state index is -0.272. The molecule has 25 heavy (non-hydrogen) atoms. The Bertz CT molecular complexity index is 846. The van der Waals surface area contributed by atoms with Crippen LogP contribution in [0.1, 0.15) is 18.9 Å². The maximum atomic E-state index is 12.1. The smallest absolute Gasteiger partial charge is 0.226 e. The van der Waals surface area contributed by atoms with Crippen LogP contribution < -0.4 is 10.2 Å². The summed E-state index contributed by atoms with van der Waals surface area (Å²) < 4.78 is 0. The van der Waals surface area contributed by atoms with Crippen molar-refractivity contribution in [2.24, 2.45) is 0 Å². The minimum absolute atomic E-state index is 0.0787. The third-order valence-electron chi connectivity index (χ3n) is 3.42. The van der Waals surface area contributed by atoms with Crippen molar-refractivity contribution in [3.8, 4) is 6.07 Å². The lowest BCUT2D eigenvalue weighted by atomic mass is 10.2. The van der Waals surface area contributed by atoms with Gasteiger partial charge in [0, 0.05) is 30.6 Å². The maximum Gasteiger partial charge on any atom is 0.226 e. The molecule has 1 N–H and O–H groups in total. The van der Waals surface area contributed by atoms with E-state index < -0.39 is 0 Å². The Balaban J connectivity index is 2.04. The number of carbonyl (C=O) groups is 2. The van der Waals surface area contributed by atoms with Crippen molar-refractivity contribution in [1.82, 2.24) is 0 Å². The molecule has 2 rings (SSSR count). The lowest BCUT2D eigenvalue weighted by molar-refractivity contribution is -0.117. The topological polar surface area (TPSA) is 73.2 Å². The van der Waals surface area contributed by atoms with Gasteiger partial charge in [-0.1, -0.05) is 29.3 Å². The predicted octanol–water partition coefficient (Wildman–Crippen LogP) is 4.25. The fraction of sp³-hybridized carbons (Fsp3) is 0.167. The number of amides is 2. The van der Waals surface area contributed by atoms with E-state index >= 15 is 0 Å².